The van der Waals surface area contributed by atoms with E-state index in [4.69, 9.17) is 11.6 Å². The summed E-state index contributed by atoms with van der Waals surface area (Å²) >= 11 is 5.94. The lowest BCUT2D eigenvalue weighted by Crippen LogP contribution is -2.22. The van der Waals surface area contributed by atoms with Crippen LogP contribution in [0.2, 0.25) is 5.02 Å². The van der Waals surface area contributed by atoms with Gasteiger partial charge in [-0.15, -0.1) is 0 Å². The van der Waals surface area contributed by atoms with Crippen molar-refractivity contribution >= 4 is 29.1 Å². The van der Waals surface area contributed by atoms with Crippen molar-refractivity contribution in [1.29, 1.82) is 0 Å². The standard InChI is InChI=1S/C15H14ClN3O2/c1-2-18-14(20)10-4-3-5-11(8-10)19-15(21)12-9-17-7-6-13(12)16/h3-9H,2H2,1H3,(H,18,20)(H,19,21). The van der Waals surface area contributed by atoms with Gasteiger partial charge in [0.1, 0.15) is 0 Å². The molecule has 0 fully saturated rings. The summed E-state index contributed by atoms with van der Waals surface area (Å²) in [5, 5.41) is 5.72. The van der Waals surface area contributed by atoms with Gasteiger partial charge in [-0.2, -0.15) is 0 Å². The van der Waals surface area contributed by atoms with E-state index in [-0.39, 0.29) is 17.4 Å². The third-order valence-electron chi connectivity index (χ3n) is 2.73. The number of nitrogens with one attached hydrogen (secondary N) is 2. The van der Waals surface area contributed by atoms with Crippen LogP contribution < -0.4 is 10.6 Å². The molecule has 2 amide bonds. The Balaban J connectivity index is 2.17. The number of carbonyl (C=O) groups is 2. The van der Waals surface area contributed by atoms with E-state index in [1.54, 1.807) is 30.3 Å². The Morgan fingerprint density at radius 1 is 1.24 bits per heavy atom. The van der Waals surface area contributed by atoms with Gasteiger partial charge in [0.05, 0.1) is 10.6 Å². The summed E-state index contributed by atoms with van der Waals surface area (Å²) in [7, 11) is 0. The van der Waals surface area contributed by atoms with E-state index in [0.717, 1.165) is 0 Å². The van der Waals surface area contributed by atoms with Gasteiger partial charge in [-0.3, -0.25) is 14.6 Å². The monoisotopic (exact) mass is 303 g/mol. The van der Waals surface area contributed by atoms with Gasteiger partial charge < -0.3 is 10.6 Å². The molecule has 0 bridgehead atoms. The van der Waals surface area contributed by atoms with Gasteiger partial charge in [0, 0.05) is 30.2 Å². The van der Waals surface area contributed by atoms with E-state index in [9.17, 15) is 9.59 Å². The molecule has 0 atom stereocenters. The highest BCUT2D eigenvalue weighted by molar-refractivity contribution is 6.34. The zero-order valence-electron chi connectivity index (χ0n) is 11.4. The zero-order valence-corrected chi connectivity index (χ0v) is 12.1. The molecule has 0 saturated heterocycles. The van der Waals surface area contributed by atoms with E-state index in [2.05, 4.69) is 15.6 Å². The molecule has 2 rings (SSSR count). The van der Waals surface area contributed by atoms with Gasteiger partial charge in [0.25, 0.3) is 11.8 Å². The minimum absolute atomic E-state index is 0.187. The molecular weight excluding hydrogens is 290 g/mol. The van der Waals surface area contributed by atoms with Crippen molar-refractivity contribution in [2.45, 2.75) is 6.92 Å². The lowest BCUT2D eigenvalue weighted by Gasteiger charge is -2.08. The molecule has 108 valence electrons. The number of halogens is 1. The minimum Gasteiger partial charge on any atom is -0.352 e. The molecule has 0 aliphatic heterocycles. The average molecular weight is 304 g/mol. The van der Waals surface area contributed by atoms with E-state index in [0.29, 0.717) is 22.8 Å². The topological polar surface area (TPSA) is 71.1 Å². The quantitative estimate of drug-likeness (QED) is 0.912. The van der Waals surface area contributed by atoms with Crippen LogP contribution in [0.5, 0.6) is 0 Å². The fraction of sp³-hybridized carbons (Fsp3) is 0.133. The molecule has 0 radical (unpaired) electrons. The summed E-state index contributed by atoms with van der Waals surface area (Å²) in [6.07, 6.45) is 2.90. The third-order valence-corrected chi connectivity index (χ3v) is 3.06. The highest BCUT2D eigenvalue weighted by Gasteiger charge is 2.11. The number of nitrogens with zero attached hydrogens (tertiary/aromatic N) is 1. The molecule has 21 heavy (non-hydrogen) atoms. The number of amides is 2. The summed E-state index contributed by atoms with van der Waals surface area (Å²) in [6.45, 7) is 2.38. The number of pyridine rings is 1. The Kier molecular flexibility index (Phi) is 4.90. The van der Waals surface area contributed by atoms with Crippen molar-refractivity contribution in [1.82, 2.24) is 10.3 Å². The zero-order chi connectivity index (χ0) is 15.2. The van der Waals surface area contributed by atoms with E-state index < -0.39 is 0 Å². The molecule has 5 nitrogen and oxygen atoms in total. The fourth-order valence-corrected chi connectivity index (χ4v) is 1.93. The number of hydrogen-bond acceptors (Lipinski definition) is 3. The van der Waals surface area contributed by atoms with Crippen molar-refractivity contribution in [2.24, 2.45) is 0 Å². The summed E-state index contributed by atoms with van der Waals surface area (Å²) in [4.78, 5) is 27.7. The smallest absolute Gasteiger partial charge is 0.258 e. The fourth-order valence-electron chi connectivity index (χ4n) is 1.74. The molecule has 0 aliphatic carbocycles. The van der Waals surface area contributed by atoms with Crippen molar-refractivity contribution in [2.75, 3.05) is 11.9 Å². The molecular formula is C15H14ClN3O2. The third kappa shape index (κ3) is 3.79. The van der Waals surface area contributed by atoms with Crippen LogP contribution in [0.3, 0.4) is 0 Å². The SMILES string of the molecule is CCNC(=O)c1cccc(NC(=O)c2cnccc2Cl)c1. The van der Waals surface area contributed by atoms with Crippen LogP contribution in [-0.4, -0.2) is 23.3 Å². The molecule has 1 aromatic carbocycles. The van der Waals surface area contributed by atoms with Crippen LogP contribution in [0.4, 0.5) is 5.69 Å². The largest absolute Gasteiger partial charge is 0.352 e. The maximum Gasteiger partial charge on any atom is 0.258 e. The Morgan fingerprint density at radius 3 is 2.76 bits per heavy atom. The molecule has 1 heterocycles. The predicted molar refractivity (Wildman–Crippen MR) is 81.6 cm³/mol. The lowest BCUT2D eigenvalue weighted by molar-refractivity contribution is 0.0954. The molecule has 0 spiro atoms. The number of anilines is 1. The predicted octanol–water partition coefficient (Wildman–Crippen LogP) is 2.74. The highest BCUT2D eigenvalue weighted by Crippen LogP contribution is 2.17. The van der Waals surface area contributed by atoms with E-state index in [1.165, 1.54) is 12.4 Å². The van der Waals surface area contributed by atoms with E-state index >= 15 is 0 Å². The minimum atomic E-state index is -0.374. The number of carbonyl (C=O) groups excluding carboxylic acids is 2. The van der Waals surface area contributed by atoms with Gasteiger partial charge in [-0.05, 0) is 31.2 Å². The summed E-state index contributed by atoms with van der Waals surface area (Å²) in [5.74, 6) is -0.561. The molecule has 6 heteroatoms. The maximum atomic E-state index is 12.1. The van der Waals surface area contributed by atoms with Crippen molar-refractivity contribution in [3.63, 3.8) is 0 Å². The Morgan fingerprint density at radius 2 is 2.05 bits per heavy atom. The first-order valence-electron chi connectivity index (χ1n) is 6.41. The van der Waals surface area contributed by atoms with Gasteiger partial charge in [-0.25, -0.2) is 0 Å². The lowest BCUT2D eigenvalue weighted by atomic mass is 10.1. The maximum absolute atomic E-state index is 12.1. The Labute approximate surface area is 127 Å². The van der Waals surface area contributed by atoms with Crippen LogP contribution in [0.1, 0.15) is 27.6 Å². The van der Waals surface area contributed by atoms with Gasteiger partial charge in [0.15, 0.2) is 0 Å². The van der Waals surface area contributed by atoms with Crippen LogP contribution in [0.25, 0.3) is 0 Å². The van der Waals surface area contributed by atoms with Crippen molar-refractivity contribution in [3.8, 4) is 0 Å². The molecule has 0 aliphatic rings. The number of rotatable bonds is 4. The first kappa shape index (κ1) is 15.0. The van der Waals surface area contributed by atoms with Crippen molar-refractivity contribution < 1.29 is 9.59 Å². The number of hydrogen-bond donors (Lipinski definition) is 2. The van der Waals surface area contributed by atoms with Crippen LogP contribution in [0, 0.1) is 0 Å². The van der Waals surface area contributed by atoms with Gasteiger partial charge in [0.2, 0.25) is 0 Å². The summed E-state index contributed by atoms with van der Waals surface area (Å²) < 4.78 is 0. The highest BCUT2D eigenvalue weighted by atomic mass is 35.5. The van der Waals surface area contributed by atoms with Gasteiger partial charge in [-0.1, -0.05) is 17.7 Å². The Hall–Kier alpha value is -2.40. The summed E-state index contributed by atoms with van der Waals surface area (Å²) in [5.41, 5.74) is 1.28. The second-order valence-electron chi connectivity index (χ2n) is 4.25. The normalized spacial score (nSPS) is 10.0. The van der Waals surface area contributed by atoms with Crippen molar-refractivity contribution in [3.05, 3.63) is 58.9 Å². The van der Waals surface area contributed by atoms with Crippen LogP contribution in [0.15, 0.2) is 42.7 Å². The molecule has 0 saturated carbocycles. The van der Waals surface area contributed by atoms with Crippen LogP contribution in [-0.2, 0) is 0 Å². The van der Waals surface area contributed by atoms with E-state index in [1.807, 2.05) is 6.92 Å². The first-order valence-corrected chi connectivity index (χ1v) is 6.78. The first-order chi connectivity index (χ1) is 10.1. The van der Waals surface area contributed by atoms with Gasteiger partial charge >= 0.3 is 0 Å². The molecule has 2 aromatic rings. The number of aromatic nitrogens is 1. The number of benzene rings is 1. The second-order valence-corrected chi connectivity index (χ2v) is 4.66. The molecule has 0 unspecified atom stereocenters. The average Bonchev–Trinajstić information content (AvgIpc) is 2.48. The molecule has 2 N–H and O–H groups in total. The second kappa shape index (κ2) is 6.85. The Bertz CT molecular complexity index is 673. The summed E-state index contributed by atoms with van der Waals surface area (Å²) in [6, 6.07) is 8.22. The van der Waals surface area contributed by atoms with Crippen LogP contribution >= 0.6 is 11.6 Å². The molecule has 1 aromatic heterocycles.